The van der Waals surface area contributed by atoms with Crippen LogP contribution < -0.4 is 4.90 Å². The first-order valence-electron chi connectivity index (χ1n) is 7.26. The Bertz CT molecular complexity index is 505. The van der Waals surface area contributed by atoms with Gasteiger partial charge in [-0.05, 0) is 56.5 Å². The molecular weight excluding hydrogens is 246 g/mol. The van der Waals surface area contributed by atoms with Crippen LogP contribution in [0.5, 0.6) is 5.75 Å². The number of nitrogens with zero attached hydrogens (tertiary/aromatic N) is 1. The third kappa shape index (κ3) is 4.02. The number of phenolic OH excluding ortho intramolecular Hbond substituents is 1. The lowest BCUT2D eigenvalue weighted by Crippen LogP contribution is -2.31. The summed E-state index contributed by atoms with van der Waals surface area (Å²) in [5.41, 5.74) is 2.56. The summed E-state index contributed by atoms with van der Waals surface area (Å²) in [6.07, 6.45) is 2.23. The predicted molar refractivity (Wildman–Crippen MR) is 85.4 cm³/mol. The molecule has 0 unspecified atom stereocenters. The van der Waals surface area contributed by atoms with E-state index in [1.165, 1.54) is 11.3 Å². The second kappa shape index (κ2) is 6.99. The monoisotopic (exact) mass is 269 g/mol. The van der Waals surface area contributed by atoms with Gasteiger partial charge < -0.3 is 10.0 Å². The Morgan fingerprint density at radius 1 is 0.950 bits per heavy atom. The summed E-state index contributed by atoms with van der Waals surface area (Å²) in [7, 11) is 0. The highest BCUT2D eigenvalue weighted by Gasteiger charge is 2.10. The average molecular weight is 269 g/mol. The maximum absolute atomic E-state index is 9.38. The van der Waals surface area contributed by atoms with Crippen molar-refractivity contribution in [3.05, 3.63) is 60.2 Å². The van der Waals surface area contributed by atoms with Crippen molar-refractivity contribution in [3.63, 3.8) is 0 Å². The van der Waals surface area contributed by atoms with Gasteiger partial charge in [-0.1, -0.05) is 30.3 Å². The van der Waals surface area contributed by atoms with E-state index in [1.807, 2.05) is 12.1 Å². The first kappa shape index (κ1) is 14.4. The Morgan fingerprint density at radius 3 is 2.20 bits per heavy atom. The Morgan fingerprint density at radius 2 is 1.60 bits per heavy atom. The standard InChI is InChI=1S/C18H23NO/c1-15(2)19(17-10-12-18(20)13-11-17)14-6-9-16-7-4-3-5-8-16/h3-5,7-8,10-13,15,20H,6,9,14H2,1-2H3. The van der Waals surface area contributed by atoms with Crippen LogP contribution in [0.2, 0.25) is 0 Å². The molecule has 0 heterocycles. The van der Waals surface area contributed by atoms with Gasteiger partial charge in [-0.15, -0.1) is 0 Å². The van der Waals surface area contributed by atoms with Crippen molar-refractivity contribution in [1.29, 1.82) is 0 Å². The van der Waals surface area contributed by atoms with Gasteiger partial charge in [0.05, 0.1) is 0 Å². The van der Waals surface area contributed by atoms with E-state index < -0.39 is 0 Å². The van der Waals surface area contributed by atoms with E-state index in [1.54, 1.807) is 12.1 Å². The number of hydrogen-bond acceptors (Lipinski definition) is 2. The Hall–Kier alpha value is -1.96. The predicted octanol–water partition coefficient (Wildman–Crippen LogP) is 4.24. The zero-order valence-corrected chi connectivity index (χ0v) is 12.3. The summed E-state index contributed by atoms with van der Waals surface area (Å²) in [6, 6.07) is 18.5. The number of rotatable bonds is 6. The van der Waals surface area contributed by atoms with Crippen LogP contribution in [-0.2, 0) is 6.42 Å². The quantitative estimate of drug-likeness (QED) is 0.848. The van der Waals surface area contributed by atoms with Gasteiger partial charge in [-0.2, -0.15) is 0 Å². The number of benzene rings is 2. The average Bonchev–Trinajstić information content (AvgIpc) is 2.46. The minimum Gasteiger partial charge on any atom is -0.508 e. The normalized spacial score (nSPS) is 10.8. The summed E-state index contributed by atoms with van der Waals surface area (Å²) in [5.74, 6) is 0.321. The number of anilines is 1. The highest BCUT2D eigenvalue weighted by atomic mass is 16.3. The molecule has 0 amide bonds. The minimum atomic E-state index is 0.321. The molecule has 0 aliphatic rings. The largest absolute Gasteiger partial charge is 0.508 e. The van der Waals surface area contributed by atoms with E-state index in [-0.39, 0.29) is 0 Å². The molecule has 0 bridgehead atoms. The van der Waals surface area contributed by atoms with E-state index in [9.17, 15) is 5.11 Å². The number of aromatic hydroxyl groups is 1. The van der Waals surface area contributed by atoms with Gasteiger partial charge in [0.1, 0.15) is 5.75 Å². The van der Waals surface area contributed by atoms with Crippen molar-refractivity contribution >= 4 is 5.69 Å². The molecule has 0 spiro atoms. The molecule has 0 radical (unpaired) electrons. The summed E-state index contributed by atoms with van der Waals surface area (Å²) in [4.78, 5) is 2.38. The van der Waals surface area contributed by atoms with Crippen molar-refractivity contribution in [2.75, 3.05) is 11.4 Å². The smallest absolute Gasteiger partial charge is 0.115 e. The van der Waals surface area contributed by atoms with Crippen LogP contribution in [0, 0.1) is 0 Å². The molecule has 1 N–H and O–H groups in total. The molecule has 0 saturated carbocycles. The van der Waals surface area contributed by atoms with E-state index in [0.717, 1.165) is 19.4 Å². The lowest BCUT2D eigenvalue weighted by atomic mass is 10.1. The van der Waals surface area contributed by atoms with Crippen molar-refractivity contribution in [2.45, 2.75) is 32.7 Å². The molecule has 2 heteroatoms. The Kier molecular flexibility index (Phi) is 5.05. The molecule has 0 atom stereocenters. The van der Waals surface area contributed by atoms with E-state index in [4.69, 9.17) is 0 Å². The second-order valence-corrected chi connectivity index (χ2v) is 5.39. The summed E-state index contributed by atoms with van der Waals surface area (Å²) < 4.78 is 0. The number of aryl methyl sites for hydroxylation is 1. The van der Waals surface area contributed by atoms with Gasteiger partial charge in [0.25, 0.3) is 0 Å². The highest BCUT2D eigenvalue weighted by Crippen LogP contribution is 2.21. The van der Waals surface area contributed by atoms with Crippen LogP contribution >= 0.6 is 0 Å². The molecule has 0 saturated heterocycles. The van der Waals surface area contributed by atoms with E-state index in [0.29, 0.717) is 11.8 Å². The van der Waals surface area contributed by atoms with Gasteiger partial charge in [0.15, 0.2) is 0 Å². The minimum absolute atomic E-state index is 0.321. The van der Waals surface area contributed by atoms with Crippen molar-refractivity contribution < 1.29 is 5.11 Å². The molecular formula is C18H23NO. The van der Waals surface area contributed by atoms with Crippen LogP contribution in [0.15, 0.2) is 54.6 Å². The maximum atomic E-state index is 9.38. The van der Waals surface area contributed by atoms with Gasteiger partial charge in [0, 0.05) is 18.3 Å². The molecule has 20 heavy (non-hydrogen) atoms. The fourth-order valence-corrected chi connectivity index (χ4v) is 2.43. The fourth-order valence-electron chi connectivity index (χ4n) is 2.43. The molecule has 0 aromatic heterocycles. The molecule has 2 rings (SSSR count). The summed E-state index contributed by atoms with van der Waals surface area (Å²) in [5, 5.41) is 9.38. The van der Waals surface area contributed by atoms with Crippen molar-refractivity contribution in [1.82, 2.24) is 0 Å². The van der Waals surface area contributed by atoms with Crippen LogP contribution in [0.4, 0.5) is 5.69 Å². The zero-order valence-electron chi connectivity index (χ0n) is 12.3. The molecule has 0 aliphatic heterocycles. The van der Waals surface area contributed by atoms with Crippen molar-refractivity contribution in [2.24, 2.45) is 0 Å². The lowest BCUT2D eigenvalue weighted by Gasteiger charge is -2.29. The van der Waals surface area contributed by atoms with Crippen LogP contribution in [0.25, 0.3) is 0 Å². The SMILES string of the molecule is CC(C)N(CCCc1ccccc1)c1ccc(O)cc1. The maximum Gasteiger partial charge on any atom is 0.115 e. The van der Waals surface area contributed by atoms with Crippen LogP contribution in [0.1, 0.15) is 25.8 Å². The highest BCUT2D eigenvalue weighted by molar-refractivity contribution is 5.49. The first-order valence-corrected chi connectivity index (χ1v) is 7.26. The summed E-state index contributed by atoms with van der Waals surface area (Å²) in [6.45, 7) is 5.43. The van der Waals surface area contributed by atoms with E-state index in [2.05, 4.69) is 49.1 Å². The third-order valence-corrected chi connectivity index (χ3v) is 3.51. The molecule has 106 valence electrons. The van der Waals surface area contributed by atoms with E-state index >= 15 is 0 Å². The molecule has 0 fully saturated rings. The van der Waals surface area contributed by atoms with Gasteiger partial charge in [-0.3, -0.25) is 0 Å². The molecule has 2 aromatic rings. The van der Waals surface area contributed by atoms with Gasteiger partial charge in [0.2, 0.25) is 0 Å². The first-order chi connectivity index (χ1) is 9.66. The summed E-state index contributed by atoms with van der Waals surface area (Å²) >= 11 is 0. The Labute approximate surface area is 121 Å². The fraction of sp³-hybridized carbons (Fsp3) is 0.333. The van der Waals surface area contributed by atoms with Crippen LogP contribution in [-0.4, -0.2) is 17.7 Å². The molecule has 2 nitrogen and oxygen atoms in total. The van der Waals surface area contributed by atoms with Gasteiger partial charge >= 0.3 is 0 Å². The van der Waals surface area contributed by atoms with Crippen molar-refractivity contribution in [3.8, 4) is 5.75 Å². The lowest BCUT2D eigenvalue weighted by molar-refractivity contribution is 0.475. The molecule has 0 aliphatic carbocycles. The topological polar surface area (TPSA) is 23.5 Å². The number of hydrogen-bond donors (Lipinski definition) is 1. The zero-order chi connectivity index (χ0) is 14.4. The molecule has 2 aromatic carbocycles. The second-order valence-electron chi connectivity index (χ2n) is 5.39. The number of phenols is 1. The van der Waals surface area contributed by atoms with Crippen LogP contribution in [0.3, 0.4) is 0 Å². The third-order valence-electron chi connectivity index (χ3n) is 3.51. The Balaban J connectivity index is 1.94. The van der Waals surface area contributed by atoms with Gasteiger partial charge in [-0.25, -0.2) is 0 Å².